The van der Waals surface area contributed by atoms with Gasteiger partial charge in [0.05, 0.1) is 11.6 Å². The summed E-state index contributed by atoms with van der Waals surface area (Å²) in [5.41, 5.74) is 2.02. The molecule has 4 rings (SSSR count). The van der Waals surface area contributed by atoms with Crippen LogP contribution in [0.2, 0.25) is 0 Å². The molecule has 1 fully saturated rings. The first-order chi connectivity index (χ1) is 19.4. The van der Waals surface area contributed by atoms with Gasteiger partial charge in [-0.3, -0.25) is 19.3 Å². The molecule has 0 saturated heterocycles. The van der Waals surface area contributed by atoms with Gasteiger partial charge in [-0.2, -0.15) is 13.2 Å². The van der Waals surface area contributed by atoms with Gasteiger partial charge in [0.25, 0.3) is 5.91 Å². The number of hydrogen-bond acceptors (Lipinski definition) is 10. The smallest absolute Gasteiger partial charge is 0.403 e. The van der Waals surface area contributed by atoms with Gasteiger partial charge < -0.3 is 36.4 Å². The molecule has 1 amide bonds. The van der Waals surface area contributed by atoms with Crippen molar-refractivity contribution in [2.75, 3.05) is 33.1 Å². The molecule has 0 aromatic heterocycles. The highest BCUT2D eigenvalue weighted by molar-refractivity contribution is 6.24. The molecular formula is C28H35F3N4O7. The van der Waals surface area contributed by atoms with E-state index in [1.54, 1.807) is 19.0 Å². The second-order valence-electron chi connectivity index (χ2n) is 11.5. The summed E-state index contributed by atoms with van der Waals surface area (Å²) in [5, 5.41) is 47.7. The van der Waals surface area contributed by atoms with Crippen molar-refractivity contribution in [3.63, 3.8) is 0 Å². The number of carbonyl (C=O) groups excluding carboxylic acids is 3. The summed E-state index contributed by atoms with van der Waals surface area (Å²) in [7, 11) is 6.36. The summed E-state index contributed by atoms with van der Waals surface area (Å²) in [6, 6.07) is -1.56. The number of ketones is 2. The van der Waals surface area contributed by atoms with E-state index in [1.165, 1.54) is 32.0 Å². The van der Waals surface area contributed by atoms with Gasteiger partial charge in [0.15, 0.2) is 11.4 Å². The highest BCUT2D eigenvalue weighted by Gasteiger charge is 2.64. The normalized spacial score (nSPS) is 26.7. The molecule has 1 aromatic carbocycles. The minimum Gasteiger partial charge on any atom is -0.508 e. The van der Waals surface area contributed by atoms with Gasteiger partial charge in [0, 0.05) is 43.4 Å². The van der Waals surface area contributed by atoms with E-state index in [9.17, 15) is 48.0 Å². The first kappa shape index (κ1) is 31.3. The predicted molar refractivity (Wildman–Crippen MR) is 146 cm³/mol. The number of phenols is 1. The largest absolute Gasteiger partial charge is 0.508 e. The van der Waals surface area contributed by atoms with Crippen LogP contribution in [0.4, 0.5) is 18.9 Å². The molecule has 1 unspecified atom stereocenters. The zero-order valence-electron chi connectivity index (χ0n) is 23.8. The highest BCUT2D eigenvalue weighted by Crippen LogP contribution is 2.54. The van der Waals surface area contributed by atoms with Crippen molar-refractivity contribution in [3.8, 4) is 5.75 Å². The lowest BCUT2D eigenvalue weighted by Gasteiger charge is -2.50. The number of amides is 1. The number of benzene rings is 1. The Labute approximate surface area is 240 Å². The minimum absolute atomic E-state index is 0.0280. The number of rotatable bonds is 7. The van der Waals surface area contributed by atoms with Crippen LogP contribution in [0.25, 0.3) is 5.76 Å². The summed E-state index contributed by atoms with van der Waals surface area (Å²) in [6.45, 7) is 0.946. The molecule has 1 aromatic rings. The molecule has 5 atom stereocenters. The molecule has 0 bridgehead atoms. The standard InChI is InChI=1S/C28H35F3N4O7/c1-6-16(28(29,30)31)33-10-12-9-15(34(2)3)13-7-11-8-14-20(35(4)5)23(38)19(26(32)41)25(40)27(14,42)24(39)17(11)22(37)18(13)21(12)36/h9,11,14,16,20,33,36-37,40,42H,6-8,10H2,1-5H3,(H2,32,41)/t11-,14-,16?,20-,27-/m0/s1. The molecule has 0 heterocycles. The topological polar surface area (TPSA) is 177 Å². The van der Waals surface area contributed by atoms with Crippen molar-refractivity contribution in [1.29, 1.82) is 0 Å². The van der Waals surface area contributed by atoms with Crippen LogP contribution in [0.3, 0.4) is 0 Å². The number of aliphatic hydroxyl groups excluding tert-OH is 2. The lowest BCUT2D eigenvalue weighted by atomic mass is 9.57. The number of anilines is 1. The Morgan fingerprint density at radius 2 is 1.81 bits per heavy atom. The van der Waals surface area contributed by atoms with Crippen molar-refractivity contribution in [2.24, 2.45) is 17.6 Å². The number of nitrogens with zero attached hydrogens (tertiary/aromatic N) is 2. The maximum Gasteiger partial charge on any atom is 0.403 e. The van der Waals surface area contributed by atoms with E-state index in [1.807, 2.05) is 0 Å². The van der Waals surface area contributed by atoms with Crippen molar-refractivity contribution in [1.82, 2.24) is 10.2 Å². The number of nitrogens with one attached hydrogen (secondary N) is 1. The third-order valence-electron chi connectivity index (χ3n) is 8.60. The number of alkyl halides is 3. The Kier molecular flexibility index (Phi) is 7.89. The molecule has 11 nitrogen and oxygen atoms in total. The fourth-order valence-electron chi connectivity index (χ4n) is 6.60. The highest BCUT2D eigenvalue weighted by atomic mass is 19.4. The van der Waals surface area contributed by atoms with E-state index in [4.69, 9.17) is 5.73 Å². The van der Waals surface area contributed by atoms with Crippen LogP contribution in [-0.2, 0) is 27.3 Å². The van der Waals surface area contributed by atoms with Crippen LogP contribution in [0.15, 0.2) is 23.0 Å². The minimum atomic E-state index is -4.54. The van der Waals surface area contributed by atoms with Crippen LogP contribution in [0.5, 0.6) is 5.75 Å². The van der Waals surface area contributed by atoms with E-state index in [-0.39, 0.29) is 36.0 Å². The Hall–Kier alpha value is -3.62. The van der Waals surface area contributed by atoms with Crippen LogP contribution < -0.4 is 16.0 Å². The van der Waals surface area contributed by atoms with E-state index < -0.39 is 82.6 Å². The SMILES string of the molecule is CCC(NCc1cc(N(C)C)c2c(c1O)C(O)=C1C(=O)[C@]3(O)C(O)=C(C(N)=O)C(=O)[C@@H](N(C)C)[C@@H]3C[C@@H]1C2)C(F)(F)F. The Balaban J connectivity index is 1.91. The van der Waals surface area contributed by atoms with E-state index in [2.05, 4.69) is 5.32 Å². The van der Waals surface area contributed by atoms with Gasteiger partial charge >= 0.3 is 6.18 Å². The molecular weight excluding hydrogens is 561 g/mol. The van der Waals surface area contributed by atoms with E-state index in [0.717, 1.165) is 0 Å². The van der Waals surface area contributed by atoms with Crippen molar-refractivity contribution in [2.45, 2.75) is 56.6 Å². The van der Waals surface area contributed by atoms with Gasteiger partial charge in [-0.1, -0.05) is 6.92 Å². The molecule has 3 aliphatic carbocycles. The lowest BCUT2D eigenvalue weighted by molar-refractivity contribution is -0.157. The number of aliphatic hydroxyl groups is 3. The predicted octanol–water partition coefficient (Wildman–Crippen LogP) is 1.46. The average molecular weight is 597 g/mol. The number of Topliss-reactive ketones (excluding diaryl/α,β-unsaturated/α-hetero) is 2. The van der Waals surface area contributed by atoms with E-state index in [0.29, 0.717) is 11.3 Å². The van der Waals surface area contributed by atoms with Crippen molar-refractivity contribution >= 4 is 28.9 Å². The van der Waals surface area contributed by atoms with Crippen molar-refractivity contribution in [3.05, 3.63) is 39.7 Å². The number of halogens is 3. The maximum absolute atomic E-state index is 14.0. The maximum atomic E-state index is 14.0. The Bertz CT molecular complexity index is 1420. The molecule has 0 radical (unpaired) electrons. The summed E-state index contributed by atoms with van der Waals surface area (Å²) in [6.07, 6.45) is -4.82. The molecule has 0 aliphatic heterocycles. The monoisotopic (exact) mass is 596 g/mol. The number of fused-ring (bicyclic) bond motifs is 3. The lowest BCUT2D eigenvalue weighted by Crippen LogP contribution is -2.65. The first-order valence-electron chi connectivity index (χ1n) is 13.4. The Morgan fingerprint density at radius 1 is 1.19 bits per heavy atom. The molecule has 7 N–H and O–H groups in total. The number of phenolic OH excluding ortho intramolecular Hbond substituents is 1. The van der Waals surface area contributed by atoms with Crippen LogP contribution in [0.1, 0.15) is 36.5 Å². The quantitative estimate of drug-likeness (QED) is 0.253. The third-order valence-corrected chi connectivity index (χ3v) is 8.60. The zero-order valence-corrected chi connectivity index (χ0v) is 23.8. The number of likely N-dealkylation sites (N-methyl/N-ethyl adjacent to an activating group) is 1. The fourth-order valence-corrected chi connectivity index (χ4v) is 6.60. The van der Waals surface area contributed by atoms with Gasteiger partial charge in [0.2, 0.25) is 5.78 Å². The molecule has 42 heavy (non-hydrogen) atoms. The molecule has 14 heteroatoms. The van der Waals surface area contributed by atoms with Gasteiger partial charge in [0.1, 0.15) is 28.9 Å². The number of hydrogen-bond donors (Lipinski definition) is 6. The summed E-state index contributed by atoms with van der Waals surface area (Å²) >= 11 is 0. The second kappa shape index (κ2) is 10.6. The average Bonchev–Trinajstić information content (AvgIpc) is 2.86. The van der Waals surface area contributed by atoms with Crippen LogP contribution in [0, 0.1) is 11.8 Å². The summed E-state index contributed by atoms with van der Waals surface area (Å²) in [5.74, 6) is -7.81. The summed E-state index contributed by atoms with van der Waals surface area (Å²) < 4.78 is 40.1. The van der Waals surface area contributed by atoms with E-state index >= 15 is 0 Å². The van der Waals surface area contributed by atoms with Crippen molar-refractivity contribution < 1.29 is 48.0 Å². The third kappa shape index (κ3) is 4.61. The molecule has 3 aliphatic rings. The van der Waals surface area contributed by atoms with Gasteiger partial charge in [-0.25, -0.2) is 0 Å². The van der Waals surface area contributed by atoms with Crippen LogP contribution >= 0.6 is 0 Å². The Morgan fingerprint density at radius 3 is 2.31 bits per heavy atom. The second-order valence-corrected chi connectivity index (χ2v) is 11.5. The zero-order chi connectivity index (χ0) is 31.6. The number of primary amides is 1. The van der Waals surface area contributed by atoms with Gasteiger partial charge in [-0.15, -0.1) is 0 Å². The number of aromatic hydroxyl groups is 1. The molecule has 230 valence electrons. The summed E-state index contributed by atoms with van der Waals surface area (Å²) in [4.78, 5) is 42.4. The fraction of sp³-hybridized carbons (Fsp3) is 0.536. The van der Waals surface area contributed by atoms with Gasteiger partial charge in [-0.05, 0) is 50.9 Å². The molecule has 0 spiro atoms. The van der Waals surface area contributed by atoms with Crippen LogP contribution in [-0.4, -0.2) is 94.9 Å². The number of nitrogens with two attached hydrogens (primary N) is 1. The molecule has 1 saturated carbocycles. The first-order valence-corrected chi connectivity index (χ1v) is 13.4. The number of carbonyl (C=O) groups is 3.